The van der Waals surface area contributed by atoms with Crippen LogP contribution in [0.3, 0.4) is 0 Å². The van der Waals surface area contributed by atoms with Gasteiger partial charge in [0.05, 0.1) is 6.42 Å². The van der Waals surface area contributed by atoms with Gasteiger partial charge in [0, 0.05) is 0 Å². The van der Waals surface area contributed by atoms with Crippen molar-refractivity contribution >= 4 is 23.9 Å². The maximum atomic E-state index is 11.5. The van der Waals surface area contributed by atoms with Crippen molar-refractivity contribution in [2.24, 2.45) is 5.73 Å². The molecular weight excluding hydrogens is 286 g/mol. The second kappa shape index (κ2) is 9.53. The fourth-order valence-electron chi connectivity index (χ4n) is 1.48. The highest BCUT2D eigenvalue weighted by Gasteiger charge is 2.25. The highest BCUT2D eigenvalue weighted by Crippen LogP contribution is 2.01. The van der Waals surface area contributed by atoms with Gasteiger partial charge in [-0.25, -0.2) is 14.4 Å². The number of carbonyl (C=O) groups excluding carboxylic acids is 1. The second-order valence-electron chi connectivity index (χ2n) is 4.28. The summed E-state index contributed by atoms with van der Waals surface area (Å²) in [6, 6.07) is -3.89. The van der Waals surface area contributed by atoms with Crippen LogP contribution in [0.1, 0.15) is 25.7 Å². The van der Waals surface area contributed by atoms with Gasteiger partial charge in [-0.05, 0) is 25.8 Å². The van der Waals surface area contributed by atoms with Crippen molar-refractivity contribution in [3.05, 3.63) is 0 Å². The van der Waals surface area contributed by atoms with E-state index >= 15 is 0 Å². The van der Waals surface area contributed by atoms with Crippen LogP contribution in [0, 0.1) is 0 Å². The topological polar surface area (TPSA) is 179 Å². The average Bonchev–Trinajstić information content (AvgIpc) is 2.36. The summed E-state index contributed by atoms with van der Waals surface area (Å²) in [7, 11) is 0. The molecule has 0 aromatic rings. The Labute approximate surface area is 120 Å². The quantitative estimate of drug-likeness (QED) is 0.272. The number of carboxylic acids is 3. The molecule has 0 aliphatic rings. The number of carboxylic acid groups (broad SMARTS) is 3. The van der Waals surface area contributed by atoms with E-state index in [2.05, 4.69) is 5.32 Å². The molecule has 0 aliphatic carbocycles. The summed E-state index contributed by atoms with van der Waals surface area (Å²) in [5, 5.41) is 30.2. The van der Waals surface area contributed by atoms with Gasteiger partial charge in [-0.3, -0.25) is 4.79 Å². The van der Waals surface area contributed by atoms with Gasteiger partial charge in [-0.15, -0.1) is 0 Å². The highest BCUT2D eigenvalue weighted by molar-refractivity contribution is 5.88. The van der Waals surface area contributed by atoms with E-state index in [0.717, 1.165) is 0 Å². The fourth-order valence-corrected chi connectivity index (χ4v) is 1.48. The molecule has 0 bridgehead atoms. The van der Waals surface area contributed by atoms with Crippen LogP contribution in [-0.2, 0) is 14.4 Å². The minimum atomic E-state index is -1.64. The predicted octanol–water partition coefficient (Wildman–Crippen LogP) is -1.20. The van der Waals surface area contributed by atoms with Gasteiger partial charge < -0.3 is 31.7 Å². The van der Waals surface area contributed by atoms with Crippen LogP contribution < -0.4 is 16.4 Å². The lowest BCUT2D eigenvalue weighted by molar-refractivity contribution is -0.145. The molecule has 0 aromatic heterocycles. The van der Waals surface area contributed by atoms with E-state index < -0.39 is 42.4 Å². The number of carbonyl (C=O) groups is 4. The number of nitrogens with two attached hydrogens (primary N) is 1. The van der Waals surface area contributed by atoms with Crippen LogP contribution in [0.25, 0.3) is 0 Å². The first-order chi connectivity index (χ1) is 9.77. The molecule has 0 fully saturated rings. The largest absolute Gasteiger partial charge is 0.481 e. The number of urea groups is 1. The van der Waals surface area contributed by atoms with Crippen molar-refractivity contribution in [2.45, 2.75) is 37.8 Å². The number of unbranched alkanes of at least 4 members (excludes halogenated alkanes) is 1. The second-order valence-corrected chi connectivity index (χ2v) is 4.28. The zero-order chi connectivity index (χ0) is 16.4. The maximum Gasteiger partial charge on any atom is 0.326 e. The molecule has 0 rings (SSSR count). The molecule has 0 aliphatic heterocycles. The molecule has 0 spiro atoms. The summed E-state index contributed by atoms with van der Waals surface area (Å²) < 4.78 is 0. The van der Waals surface area contributed by atoms with Crippen LogP contribution in [0.15, 0.2) is 0 Å². The summed E-state index contributed by atoms with van der Waals surface area (Å²) in [4.78, 5) is 43.7. The van der Waals surface area contributed by atoms with Crippen LogP contribution in [0.5, 0.6) is 0 Å². The van der Waals surface area contributed by atoms with Gasteiger partial charge in [-0.1, -0.05) is 0 Å². The Morgan fingerprint density at radius 1 is 0.905 bits per heavy atom. The molecule has 0 heterocycles. The smallest absolute Gasteiger partial charge is 0.326 e. The molecular formula is C11H19N3O7. The Morgan fingerprint density at radius 2 is 1.43 bits per heavy atom. The number of nitrogens with one attached hydrogen (secondary N) is 2. The minimum absolute atomic E-state index is 0.136. The summed E-state index contributed by atoms with van der Waals surface area (Å²) >= 11 is 0. The molecule has 10 nitrogen and oxygen atoms in total. The van der Waals surface area contributed by atoms with Crippen LogP contribution in [0.4, 0.5) is 4.79 Å². The zero-order valence-electron chi connectivity index (χ0n) is 11.2. The molecule has 2 atom stereocenters. The van der Waals surface area contributed by atoms with Crippen molar-refractivity contribution in [3.8, 4) is 0 Å². The average molecular weight is 305 g/mol. The Bertz CT molecular complexity index is 399. The van der Waals surface area contributed by atoms with Gasteiger partial charge in [-0.2, -0.15) is 0 Å². The van der Waals surface area contributed by atoms with E-state index in [0.29, 0.717) is 19.4 Å². The minimum Gasteiger partial charge on any atom is -0.481 e. The first kappa shape index (κ1) is 18.6. The Kier molecular flexibility index (Phi) is 8.46. The van der Waals surface area contributed by atoms with E-state index in [4.69, 9.17) is 21.1 Å². The van der Waals surface area contributed by atoms with E-state index in [1.165, 1.54) is 0 Å². The van der Waals surface area contributed by atoms with Crippen molar-refractivity contribution in [1.82, 2.24) is 10.6 Å². The number of hydrogen-bond acceptors (Lipinski definition) is 5. The molecule has 7 N–H and O–H groups in total. The molecule has 2 amide bonds. The Morgan fingerprint density at radius 3 is 1.86 bits per heavy atom. The third-order valence-corrected chi connectivity index (χ3v) is 2.53. The van der Waals surface area contributed by atoms with Gasteiger partial charge in [0.15, 0.2) is 0 Å². The molecule has 0 radical (unpaired) electrons. The summed E-state index contributed by atoms with van der Waals surface area (Å²) in [5.41, 5.74) is 5.27. The first-order valence-corrected chi connectivity index (χ1v) is 6.22. The number of rotatable bonds is 10. The summed E-state index contributed by atoms with van der Waals surface area (Å²) in [5.74, 6) is -4.20. The van der Waals surface area contributed by atoms with Crippen molar-refractivity contribution in [1.29, 1.82) is 0 Å². The van der Waals surface area contributed by atoms with Gasteiger partial charge in [0.25, 0.3) is 0 Å². The van der Waals surface area contributed by atoms with Crippen molar-refractivity contribution < 1.29 is 34.5 Å². The lowest BCUT2D eigenvalue weighted by Crippen LogP contribution is -2.51. The van der Waals surface area contributed by atoms with E-state index in [1.807, 2.05) is 5.32 Å². The lowest BCUT2D eigenvalue weighted by Gasteiger charge is -2.17. The third-order valence-electron chi connectivity index (χ3n) is 2.53. The monoisotopic (exact) mass is 305 g/mol. The predicted molar refractivity (Wildman–Crippen MR) is 69.7 cm³/mol. The lowest BCUT2D eigenvalue weighted by atomic mass is 10.1. The van der Waals surface area contributed by atoms with E-state index in [1.54, 1.807) is 0 Å². The van der Waals surface area contributed by atoms with Gasteiger partial charge in [0.1, 0.15) is 12.1 Å². The van der Waals surface area contributed by atoms with E-state index in [-0.39, 0.29) is 6.42 Å². The number of aliphatic carboxylic acids is 3. The van der Waals surface area contributed by atoms with Gasteiger partial charge >= 0.3 is 23.9 Å². The SMILES string of the molecule is NCCCCC(NC(=O)NC(CC(=O)O)C(=O)O)C(=O)O. The zero-order valence-corrected chi connectivity index (χ0v) is 11.2. The molecule has 10 heteroatoms. The van der Waals surface area contributed by atoms with E-state index in [9.17, 15) is 19.2 Å². The molecule has 120 valence electrons. The highest BCUT2D eigenvalue weighted by atomic mass is 16.4. The number of amides is 2. The first-order valence-electron chi connectivity index (χ1n) is 6.22. The van der Waals surface area contributed by atoms with Crippen molar-refractivity contribution in [2.75, 3.05) is 6.54 Å². The fraction of sp³-hybridized carbons (Fsp3) is 0.636. The Balaban J connectivity index is 4.49. The summed E-state index contributed by atoms with van der Waals surface area (Å²) in [6.45, 7) is 0.387. The molecule has 0 aromatic carbocycles. The molecule has 0 saturated carbocycles. The van der Waals surface area contributed by atoms with Gasteiger partial charge in [0.2, 0.25) is 0 Å². The molecule has 2 unspecified atom stereocenters. The van der Waals surface area contributed by atoms with Crippen LogP contribution in [-0.4, -0.2) is 57.9 Å². The molecule has 0 saturated heterocycles. The Hall–Kier alpha value is -2.36. The normalized spacial score (nSPS) is 13.0. The summed E-state index contributed by atoms with van der Waals surface area (Å²) in [6.07, 6.45) is 0.388. The van der Waals surface area contributed by atoms with Crippen molar-refractivity contribution in [3.63, 3.8) is 0 Å². The number of hydrogen-bond donors (Lipinski definition) is 6. The molecule has 21 heavy (non-hydrogen) atoms. The van der Waals surface area contributed by atoms with Crippen LogP contribution in [0.2, 0.25) is 0 Å². The standard InChI is InChI=1S/C11H19N3O7/c12-4-2-1-3-6(9(17)18)13-11(21)14-7(10(19)20)5-8(15)16/h6-7H,1-5,12H2,(H,15,16)(H,17,18)(H,19,20)(H2,13,14,21). The maximum absolute atomic E-state index is 11.5. The van der Waals surface area contributed by atoms with Crippen LogP contribution >= 0.6 is 0 Å². The third kappa shape index (κ3) is 8.42.